The lowest BCUT2D eigenvalue weighted by molar-refractivity contribution is 0.438. The fraction of sp³-hybridized carbons (Fsp3) is 0.526. The predicted molar refractivity (Wildman–Crippen MR) is 109 cm³/mol. The minimum Gasteiger partial charge on any atom is -0.348 e. The van der Waals surface area contributed by atoms with E-state index in [-0.39, 0.29) is 6.04 Å². The molecule has 2 aromatic rings. The maximum absolute atomic E-state index is 12.1. The molecule has 2 aliphatic rings. The molecule has 26 heavy (non-hydrogen) atoms. The first-order valence-electron chi connectivity index (χ1n) is 9.16. The molecule has 1 fully saturated rings. The van der Waals surface area contributed by atoms with Gasteiger partial charge in [-0.3, -0.25) is 4.31 Å². The lowest BCUT2D eigenvalue weighted by Gasteiger charge is -2.29. The highest BCUT2D eigenvalue weighted by atomic mass is 32.2. The Morgan fingerprint density at radius 3 is 2.62 bits per heavy atom. The lowest BCUT2D eigenvalue weighted by atomic mass is 10.00. The van der Waals surface area contributed by atoms with Crippen LogP contribution in [0.15, 0.2) is 23.6 Å². The third kappa shape index (κ3) is 3.22. The van der Waals surface area contributed by atoms with Crippen LogP contribution in [0.4, 0.5) is 10.8 Å². The van der Waals surface area contributed by atoms with Crippen molar-refractivity contribution in [2.45, 2.75) is 39.2 Å². The lowest BCUT2D eigenvalue weighted by Crippen LogP contribution is -2.34. The van der Waals surface area contributed by atoms with Crippen LogP contribution in [0.3, 0.4) is 0 Å². The molecule has 0 amide bonds. The Bertz CT molecular complexity index is 915. The zero-order valence-corrected chi connectivity index (χ0v) is 17.1. The van der Waals surface area contributed by atoms with Crippen LogP contribution in [0.5, 0.6) is 0 Å². The number of rotatable bonds is 3. The molecule has 1 atom stereocenters. The van der Waals surface area contributed by atoms with Crippen molar-refractivity contribution in [3.05, 3.63) is 29.1 Å². The summed E-state index contributed by atoms with van der Waals surface area (Å²) in [7, 11) is -3.24. The molecule has 0 spiro atoms. The van der Waals surface area contributed by atoms with Crippen molar-refractivity contribution in [2.75, 3.05) is 28.6 Å². The van der Waals surface area contributed by atoms with Gasteiger partial charge in [-0.15, -0.1) is 11.3 Å². The van der Waals surface area contributed by atoms with Crippen molar-refractivity contribution in [3.63, 3.8) is 0 Å². The second-order valence-corrected chi connectivity index (χ2v) is 10.3. The molecule has 4 rings (SSSR count). The van der Waals surface area contributed by atoms with E-state index in [0.29, 0.717) is 0 Å². The second kappa shape index (κ2) is 6.53. The van der Waals surface area contributed by atoms with Gasteiger partial charge in [0, 0.05) is 30.1 Å². The van der Waals surface area contributed by atoms with E-state index in [1.807, 2.05) is 19.1 Å². The molecule has 1 aromatic heterocycles. The van der Waals surface area contributed by atoms with Crippen molar-refractivity contribution in [1.29, 1.82) is 0 Å². The molecule has 0 N–H and O–H groups in total. The molecule has 0 aliphatic carbocycles. The smallest absolute Gasteiger partial charge is 0.232 e. The van der Waals surface area contributed by atoms with Crippen LogP contribution in [0.2, 0.25) is 0 Å². The maximum Gasteiger partial charge on any atom is 0.232 e. The molecule has 0 radical (unpaired) electrons. The van der Waals surface area contributed by atoms with Gasteiger partial charge in [0.1, 0.15) is 0 Å². The van der Waals surface area contributed by atoms with Crippen LogP contribution >= 0.6 is 11.3 Å². The standard InChI is InChI=1S/C19H25N3O2S2/c1-13-6-8-21(9-7-13)19-20-17(12-25-19)15-4-5-18-16(11-15)10-14(2)22(18)26(3,23)24/h4-5,11-14H,6-10H2,1-3H3. The van der Waals surface area contributed by atoms with Gasteiger partial charge in [0.15, 0.2) is 5.13 Å². The van der Waals surface area contributed by atoms with Crippen molar-refractivity contribution in [3.8, 4) is 11.3 Å². The van der Waals surface area contributed by atoms with Gasteiger partial charge in [0.05, 0.1) is 17.6 Å². The van der Waals surface area contributed by atoms with E-state index in [0.717, 1.165) is 53.1 Å². The second-order valence-electron chi connectivity index (χ2n) is 7.64. The van der Waals surface area contributed by atoms with Gasteiger partial charge in [-0.1, -0.05) is 13.0 Å². The molecule has 0 bridgehead atoms. The van der Waals surface area contributed by atoms with E-state index in [9.17, 15) is 8.42 Å². The van der Waals surface area contributed by atoms with E-state index >= 15 is 0 Å². The highest BCUT2D eigenvalue weighted by Crippen LogP contribution is 2.38. The molecule has 5 nitrogen and oxygen atoms in total. The Hall–Kier alpha value is -1.60. The summed E-state index contributed by atoms with van der Waals surface area (Å²) in [5.41, 5.74) is 3.95. The summed E-state index contributed by atoms with van der Waals surface area (Å²) in [6.07, 6.45) is 4.48. The van der Waals surface area contributed by atoms with Crippen LogP contribution < -0.4 is 9.21 Å². The van der Waals surface area contributed by atoms with E-state index in [4.69, 9.17) is 4.98 Å². The number of nitrogens with zero attached hydrogens (tertiary/aromatic N) is 3. The van der Waals surface area contributed by atoms with Crippen LogP contribution in [-0.2, 0) is 16.4 Å². The number of piperidine rings is 1. The van der Waals surface area contributed by atoms with Crippen molar-refractivity contribution in [1.82, 2.24) is 4.98 Å². The van der Waals surface area contributed by atoms with Gasteiger partial charge in [-0.2, -0.15) is 0 Å². The third-order valence-corrected chi connectivity index (χ3v) is 7.60. The predicted octanol–water partition coefficient (Wildman–Crippen LogP) is 3.76. The summed E-state index contributed by atoms with van der Waals surface area (Å²) < 4.78 is 25.7. The molecule has 1 saturated heterocycles. The Morgan fingerprint density at radius 1 is 1.19 bits per heavy atom. The number of aromatic nitrogens is 1. The highest BCUT2D eigenvalue weighted by Gasteiger charge is 2.32. The zero-order valence-electron chi connectivity index (χ0n) is 15.5. The minimum absolute atomic E-state index is 0.0309. The van der Waals surface area contributed by atoms with Crippen LogP contribution in [0.1, 0.15) is 32.3 Å². The molecule has 2 aliphatic heterocycles. The molecule has 1 aromatic carbocycles. The van der Waals surface area contributed by atoms with E-state index in [1.54, 1.807) is 11.3 Å². The summed E-state index contributed by atoms with van der Waals surface area (Å²) >= 11 is 1.70. The van der Waals surface area contributed by atoms with Gasteiger partial charge in [-0.25, -0.2) is 13.4 Å². The van der Waals surface area contributed by atoms with E-state index in [1.165, 1.54) is 23.4 Å². The quantitative estimate of drug-likeness (QED) is 0.799. The zero-order chi connectivity index (χ0) is 18.5. The number of hydrogen-bond acceptors (Lipinski definition) is 5. The highest BCUT2D eigenvalue weighted by molar-refractivity contribution is 7.92. The Kier molecular flexibility index (Phi) is 4.47. The molecule has 0 saturated carbocycles. The third-order valence-electron chi connectivity index (χ3n) is 5.43. The Balaban J connectivity index is 1.60. The summed E-state index contributed by atoms with van der Waals surface area (Å²) in [5.74, 6) is 0.808. The topological polar surface area (TPSA) is 53.5 Å². The number of benzene rings is 1. The summed E-state index contributed by atoms with van der Waals surface area (Å²) in [4.78, 5) is 7.24. The molecule has 140 valence electrons. The minimum atomic E-state index is -3.24. The van der Waals surface area contributed by atoms with Crippen molar-refractivity contribution in [2.24, 2.45) is 5.92 Å². The van der Waals surface area contributed by atoms with Crippen molar-refractivity contribution >= 4 is 32.2 Å². The van der Waals surface area contributed by atoms with Crippen LogP contribution in [0, 0.1) is 5.92 Å². The molecular weight excluding hydrogens is 366 g/mol. The number of thiazole rings is 1. The van der Waals surface area contributed by atoms with E-state index in [2.05, 4.69) is 23.3 Å². The average molecular weight is 392 g/mol. The summed E-state index contributed by atoms with van der Waals surface area (Å²) in [5, 5.41) is 3.21. The molecule has 7 heteroatoms. The summed E-state index contributed by atoms with van der Waals surface area (Å²) in [6.45, 7) is 6.44. The molecule has 1 unspecified atom stereocenters. The maximum atomic E-state index is 12.1. The van der Waals surface area contributed by atoms with Gasteiger partial charge in [0.25, 0.3) is 0 Å². The first-order chi connectivity index (χ1) is 12.3. The van der Waals surface area contributed by atoms with E-state index < -0.39 is 10.0 Å². The van der Waals surface area contributed by atoms with Gasteiger partial charge in [0.2, 0.25) is 10.0 Å². The normalized spacial score (nSPS) is 21.3. The van der Waals surface area contributed by atoms with Gasteiger partial charge < -0.3 is 4.90 Å². The van der Waals surface area contributed by atoms with Crippen LogP contribution in [0.25, 0.3) is 11.3 Å². The first-order valence-corrected chi connectivity index (χ1v) is 11.9. The van der Waals surface area contributed by atoms with Crippen LogP contribution in [-0.4, -0.2) is 38.8 Å². The van der Waals surface area contributed by atoms with Gasteiger partial charge in [-0.05, 0) is 49.8 Å². The monoisotopic (exact) mass is 391 g/mol. The number of fused-ring (bicyclic) bond motifs is 1. The van der Waals surface area contributed by atoms with Gasteiger partial charge >= 0.3 is 0 Å². The Morgan fingerprint density at radius 2 is 1.92 bits per heavy atom. The summed E-state index contributed by atoms with van der Waals surface area (Å²) in [6, 6.07) is 5.99. The fourth-order valence-corrected chi connectivity index (χ4v) is 6.16. The average Bonchev–Trinajstić information content (AvgIpc) is 3.17. The largest absolute Gasteiger partial charge is 0.348 e. The number of hydrogen-bond donors (Lipinski definition) is 0. The SMILES string of the molecule is CC1CCN(c2nc(-c3ccc4c(c3)CC(C)N4S(C)(=O)=O)cs2)CC1. The first kappa shape index (κ1) is 17.8. The molecular formula is C19H25N3O2S2. The number of sulfonamides is 1. The number of anilines is 2. The van der Waals surface area contributed by atoms with Crippen molar-refractivity contribution < 1.29 is 8.42 Å². The fourth-order valence-electron chi connectivity index (χ4n) is 4.01. The Labute approximate surface area is 159 Å². The molecule has 3 heterocycles.